The summed E-state index contributed by atoms with van der Waals surface area (Å²) in [5.41, 5.74) is 1.14. The number of carbonyl (C=O) groups is 2. The van der Waals surface area contributed by atoms with Crippen molar-refractivity contribution in [3.8, 4) is 10.4 Å². The summed E-state index contributed by atoms with van der Waals surface area (Å²) in [6, 6.07) is 12.2. The number of amides is 1. The van der Waals surface area contributed by atoms with E-state index in [0.717, 1.165) is 25.7 Å². The van der Waals surface area contributed by atoms with Crippen molar-refractivity contribution >= 4 is 45.2 Å². The van der Waals surface area contributed by atoms with E-state index >= 15 is 0 Å². The van der Waals surface area contributed by atoms with Crippen LogP contribution in [-0.4, -0.2) is 51.2 Å². The van der Waals surface area contributed by atoms with Crippen LogP contribution in [0, 0.1) is 0 Å². The van der Waals surface area contributed by atoms with E-state index in [2.05, 4.69) is 28.2 Å². The SMILES string of the molecule is CN(CC(=O)O)C(=O)CCSc1ncnc2sc(-c3ccccc3)cc12. The average Bonchev–Trinajstić information content (AvgIpc) is 3.07. The summed E-state index contributed by atoms with van der Waals surface area (Å²) in [5.74, 6) is -0.677. The fraction of sp³-hybridized carbons (Fsp3) is 0.222. The predicted octanol–water partition coefficient (Wildman–Crippen LogP) is 3.38. The van der Waals surface area contributed by atoms with E-state index in [9.17, 15) is 9.59 Å². The first-order valence-corrected chi connectivity index (χ1v) is 9.73. The van der Waals surface area contributed by atoms with Crippen molar-refractivity contribution in [2.45, 2.75) is 11.4 Å². The molecule has 0 radical (unpaired) electrons. The summed E-state index contributed by atoms with van der Waals surface area (Å²) in [4.78, 5) is 34.5. The molecule has 0 aliphatic carbocycles. The van der Waals surface area contributed by atoms with E-state index in [1.54, 1.807) is 11.3 Å². The van der Waals surface area contributed by atoms with Crippen LogP contribution >= 0.6 is 23.1 Å². The Balaban J connectivity index is 1.70. The molecule has 1 aromatic carbocycles. The number of thioether (sulfide) groups is 1. The summed E-state index contributed by atoms with van der Waals surface area (Å²) in [6.07, 6.45) is 1.80. The Kier molecular flexibility index (Phi) is 5.85. The van der Waals surface area contributed by atoms with Crippen molar-refractivity contribution in [3.63, 3.8) is 0 Å². The fourth-order valence-corrected chi connectivity index (χ4v) is 4.38. The molecule has 2 heterocycles. The van der Waals surface area contributed by atoms with Crippen molar-refractivity contribution in [1.82, 2.24) is 14.9 Å². The molecule has 0 spiro atoms. The van der Waals surface area contributed by atoms with Crippen molar-refractivity contribution in [2.24, 2.45) is 0 Å². The minimum absolute atomic E-state index is 0.194. The monoisotopic (exact) mass is 387 g/mol. The molecule has 0 unspecified atom stereocenters. The van der Waals surface area contributed by atoms with Crippen LogP contribution in [0.4, 0.5) is 0 Å². The van der Waals surface area contributed by atoms with Gasteiger partial charge in [-0.1, -0.05) is 30.3 Å². The number of aromatic nitrogens is 2. The maximum absolute atomic E-state index is 11.9. The molecule has 1 N–H and O–H groups in total. The molecule has 0 aliphatic heterocycles. The summed E-state index contributed by atoms with van der Waals surface area (Å²) in [7, 11) is 1.50. The molecule has 0 saturated carbocycles. The lowest BCUT2D eigenvalue weighted by Gasteiger charge is -2.13. The zero-order chi connectivity index (χ0) is 18.5. The summed E-state index contributed by atoms with van der Waals surface area (Å²) in [5, 5.41) is 10.6. The van der Waals surface area contributed by atoms with Gasteiger partial charge in [0.25, 0.3) is 0 Å². The van der Waals surface area contributed by atoms with Crippen LogP contribution in [0.1, 0.15) is 6.42 Å². The highest BCUT2D eigenvalue weighted by molar-refractivity contribution is 7.99. The maximum Gasteiger partial charge on any atom is 0.323 e. The minimum Gasteiger partial charge on any atom is -0.480 e. The van der Waals surface area contributed by atoms with E-state index in [0.29, 0.717) is 5.75 Å². The van der Waals surface area contributed by atoms with Crippen molar-refractivity contribution < 1.29 is 14.7 Å². The Morgan fingerprint density at radius 2 is 2.00 bits per heavy atom. The molecule has 3 aromatic rings. The largest absolute Gasteiger partial charge is 0.480 e. The van der Waals surface area contributed by atoms with Crippen molar-refractivity contribution in [1.29, 1.82) is 0 Å². The van der Waals surface area contributed by atoms with Crippen LogP contribution in [0.25, 0.3) is 20.7 Å². The summed E-state index contributed by atoms with van der Waals surface area (Å²) in [6.45, 7) is -0.285. The van der Waals surface area contributed by atoms with Crippen LogP contribution < -0.4 is 0 Å². The van der Waals surface area contributed by atoms with E-state index < -0.39 is 5.97 Å². The van der Waals surface area contributed by atoms with Crippen LogP contribution in [-0.2, 0) is 9.59 Å². The molecule has 1 amide bonds. The van der Waals surface area contributed by atoms with Gasteiger partial charge in [-0.05, 0) is 11.6 Å². The smallest absolute Gasteiger partial charge is 0.323 e. The molecule has 3 rings (SSSR count). The highest BCUT2D eigenvalue weighted by atomic mass is 32.2. The van der Waals surface area contributed by atoms with Gasteiger partial charge >= 0.3 is 5.97 Å². The standard InChI is InChI=1S/C18H17N3O3S2/c1-21(10-16(23)24)15(22)7-8-25-17-13-9-14(12-5-3-2-4-6-12)26-18(13)20-11-19-17/h2-6,9,11H,7-8,10H2,1H3,(H,23,24). The number of rotatable bonds is 7. The van der Waals surface area contributed by atoms with Crippen molar-refractivity contribution in [2.75, 3.05) is 19.3 Å². The van der Waals surface area contributed by atoms with Crippen LogP contribution in [0.2, 0.25) is 0 Å². The third-order valence-electron chi connectivity index (χ3n) is 3.70. The van der Waals surface area contributed by atoms with Gasteiger partial charge in [0.15, 0.2) is 0 Å². The number of benzene rings is 1. The predicted molar refractivity (Wildman–Crippen MR) is 103 cm³/mol. The van der Waals surface area contributed by atoms with Gasteiger partial charge in [-0.2, -0.15) is 0 Å². The highest BCUT2D eigenvalue weighted by Crippen LogP contribution is 2.36. The van der Waals surface area contributed by atoms with Gasteiger partial charge in [0.2, 0.25) is 5.91 Å². The number of aliphatic carboxylic acids is 1. The van der Waals surface area contributed by atoms with Gasteiger partial charge in [0.1, 0.15) is 22.7 Å². The van der Waals surface area contributed by atoms with E-state index in [-0.39, 0.29) is 18.9 Å². The number of fused-ring (bicyclic) bond motifs is 1. The molecule has 0 bridgehead atoms. The number of carboxylic acids is 1. The Morgan fingerprint density at radius 1 is 1.23 bits per heavy atom. The molecular weight excluding hydrogens is 370 g/mol. The molecule has 134 valence electrons. The number of hydrogen-bond acceptors (Lipinski definition) is 6. The fourth-order valence-electron chi connectivity index (χ4n) is 2.41. The Morgan fingerprint density at radius 3 is 2.73 bits per heavy atom. The lowest BCUT2D eigenvalue weighted by molar-refractivity contribution is -0.143. The topological polar surface area (TPSA) is 83.4 Å². The number of carbonyl (C=O) groups excluding carboxylic acids is 1. The van der Waals surface area contributed by atoms with Gasteiger partial charge in [-0.15, -0.1) is 23.1 Å². The van der Waals surface area contributed by atoms with E-state index in [1.807, 2.05) is 18.2 Å². The third kappa shape index (κ3) is 4.39. The molecule has 2 aromatic heterocycles. The Bertz CT molecular complexity index is 928. The number of likely N-dealkylation sites (N-methyl/N-ethyl adjacent to an activating group) is 1. The van der Waals surface area contributed by atoms with E-state index in [1.165, 1.54) is 30.0 Å². The van der Waals surface area contributed by atoms with Crippen LogP contribution in [0.3, 0.4) is 0 Å². The van der Waals surface area contributed by atoms with Gasteiger partial charge in [0.05, 0.1) is 0 Å². The number of carboxylic acid groups (broad SMARTS) is 1. The van der Waals surface area contributed by atoms with Crippen molar-refractivity contribution in [3.05, 3.63) is 42.7 Å². The molecule has 0 aliphatic rings. The average molecular weight is 387 g/mol. The Labute approximate surface area is 158 Å². The summed E-state index contributed by atoms with van der Waals surface area (Å²) < 4.78 is 0. The first-order valence-electron chi connectivity index (χ1n) is 7.93. The molecular formula is C18H17N3O3S2. The number of thiophene rings is 1. The highest BCUT2D eigenvalue weighted by Gasteiger charge is 2.14. The first kappa shape index (κ1) is 18.3. The third-order valence-corrected chi connectivity index (χ3v) is 5.80. The molecule has 0 saturated heterocycles. The Hall–Kier alpha value is -2.45. The second kappa shape index (κ2) is 8.29. The van der Waals surface area contributed by atoms with Crippen LogP contribution in [0.5, 0.6) is 0 Å². The minimum atomic E-state index is -1.02. The zero-order valence-electron chi connectivity index (χ0n) is 14.1. The lowest BCUT2D eigenvalue weighted by Crippen LogP contribution is -2.32. The molecule has 0 fully saturated rings. The van der Waals surface area contributed by atoms with Gasteiger partial charge in [0, 0.05) is 29.5 Å². The van der Waals surface area contributed by atoms with Crippen LogP contribution in [0.15, 0.2) is 47.8 Å². The van der Waals surface area contributed by atoms with Gasteiger partial charge < -0.3 is 10.0 Å². The normalized spacial score (nSPS) is 10.8. The quantitative estimate of drug-likeness (QED) is 0.494. The lowest BCUT2D eigenvalue weighted by atomic mass is 10.2. The number of hydrogen-bond donors (Lipinski definition) is 1. The second-order valence-electron chi connectivity index (χ2n) is 5.62. The molecule has 26 heavy (non-hydrogen) atoms. The maximum atomic E-state index is 11.9. The van der Waals surface area contributed by atoms with E-state index in [4.69, 9.17) is 5.11 Å². The first-order chi connectivity index (χ1) is 12.5. The molecule has 8 heteroatoms. The molecule has 6 nitrogen and oxygen atoms in total. The van der Waals surface area contributed by atoms with Gasteiger partial charge in [-0.25, -0.2) is 9.97 Å². The number of nitrogens with zero attached hydrogens (tertiary/aromatic N) is 3. The van der Waals surface area contributed by atoms with Gasteiger partial charge in [-0.3, -0.25) is 9.59 Å². The molecule has 0 atom stereocenters. The zero-order valence-corrected chi connectivity index (χ0v) is 15.7. The second-order valence-corrected chi connectivity index (χ2v) is 7.73. The summed E-state index contributed by atoms with van der Waals surface area (Å²) >= 11 is 3.09.